The molecule has 10 heteroatoms. The fourth-order valence-electron chi connectivity index (χ4n) is 5.32. The van der Waals surface area contributed by atoms with Gasteiger partial charge in [-0.05, 0) is 44.0 Å². The number of anilines is 1. The Labute approximate surface area is 228 Å². The van der Waals surface area contributed by atoms with Gasteiger partial charge in [-0.1, -0.05) is 19.3 Å². The average Bonchev–Trinajstić information content (AvgIpc) is 3.71. The Balaban J connectivity index is 1.22. The first kappa shape index (κ1) is 23.7. The maximum absolute atomic E-state index is 12.8. The first-order chi connectivity index (χ1) is 19.1. The quantitative estimate of drug-likeness (QED) is 0.231. The highest BCUT2D eigenvalue weighted by molar-refractivity contribution is 7.15. The maximum atomic E-state index is 12.8. The number of nitrogens with one attached hydrogen (secondary N) is 3. The normalized spacial score (nSPS) is 14.3. The molecule has 6 aromatic heterocycles. The van der Waals surface area contributed by atoms with Gasteiger partial charge in [0.2, 0.25) is 5.91 Å². The van der Waals surface area contributed by atoms with Gasteiger partial charge in [-0.25, -0.2) is 9.97 Å². The van der Waals surface area contributed by atoms with Gasteiger partial charge in [0.1, 0.15) is 11.2 Å². The van der Waals surface area contributed by atoms with Crippen LogP contribution in [-0.2, 0) is 4.79 Å². The van der Waals surface area contributed by atoms with Crippen LogP contribution in [0.5, 0.6) is 0 Å². The lowest BCUT2D eigenvalue weighted by Crippen LogP contribution is -2.24. The van der Waals surface area contributed by atoms with Gasteiger partial charge in [0, 0.05) is 51.0 Å². The van der Waals surface area contributed by atoms with Crippen LogP contribution < -0.4 is 5.32 Å². The third-order valence-electron chi connectivity index (χ3n) is 7.36. The third kappa shape index (κ3) is 4.46. The van der Waals surface area contributed by atoms with Gasteiger partial charge in [-0.3, -0.25) is 19.9 Å². The van der Waals surface area contributed by atoms with Crippen molar-refractivity contribution in [2.24, 2.45) is 5.92 Å². The standard InChI is InChI=1S/C29H26N8OS/c1-16-7-8-24(39-16)22-14-31-15-23-25(22)35-28(34-23)26-21-10-19(12-32-27(21)37-36-26)18-9-20(13-30-11-18)33-29(38)17-5-3-2-4-6-17/h7-15,17H,2-6H2,1H3,(H,33,38)(H,34,35)(H,32,36,37). The second kappa shape index (κ2) is 9.70. The Morgan fingerprint density at radius 3 is 2.69 bits per heavy atom. The number of hydrogen-bond donors (Lipinski definition) is 3. The second-order valence-electron chi connectivity index (χ2n) is 10.1. The molecule has 9 nitrogen and oxygen atoms in total. The molecule has 3 N–H and O–H groups in total. The molecule has 1 fully saturated rings. The molecule has 1 aliphatic rings. The number of aryl methyl sites for hydroxylation is 1. The molecule has 0 aliphatic heterocycles. The van der Waals surface area contributed by atoms with Gasteiger partial charge in [0.05, 0.1) is 29.0 Å². The lowest BCUT2D eigenvalue weighted by Gasteiger charge is -2.20. The SMILES string of the molecule is Cc1ccc(-c2cncc3[nH]c(-c4[nH]nc5ncc(-c6cncc(NC(=O)C7CCCCC7)c6)cc45)nc23)s1. The van der Waals surface area contributed by atoms with Crippen LogP contribution in [0.15, 0.2) is 55.2 Å². The summed E-state index contributed by atoms with van der Waals surface area (Å²) in [6.07, 6.45) is 14.2. The monoisotopic (exact) mass is 534 g/mol. The van der Waals surface area contributed by atoms with E-state index in [1.54, 1.807) is 36.1 Å². The van der Waals surface area contributed by atoms with Gasteiger partial charge in [0.15, 0.2) is 11.5 Å². The number of aromatic amines is 2. The summed E-state index contributed by atoms with van der Waals surface area (Å²) in [5, 5.41) is 11.4. The maximum Gasteiger partial charge on any atom is 0.227 e. The minimum atomic E-state index is 0.0794. The van der Waals surface area contributed by atoms with Crippen LogP contribution in [0.1, 0.15) is 37.0 Å². The molecule has 1 amide bonds. The van der Waals surface area contributed by atoms with E-state index in [1.165, 1.54) is 11.3 Å². The van der Waals surface area contributed by atoms with Crippen LogP contribution in [0.3, 0.4) is 0 Å². The predicted octanol–water partition coefficient (Wildman–Crippen LogP) is 6.51. The zero-order valence-corrected chi connectivity index (χ0v) is 22.2. The van der Waals surface area contributed by atoms with E-state index < -0.39 is 0 Å². The van der Waals surface area contributed by atoms with E-state index in [4.69, 9.17) is 4.98 Å². The number of hydrogen-bond acceptors (Lipinski definition) is 7. The van der Waals surface area contributed by atoms with Crippen molar-refractivity contribution in [1.29, 1.82) is 0 Å². The van der Waals surface area contributed by atoms with Crippen LogP contribution in [0.25, 0.3) is 55.2 Å². The van der Waals surface area contributed by atoms with Crippen LogP contribution >= 0.6 is 11.3 Å². The Morgan fingerprint density at radius 2 is 1.85 bits per heavy atom. The van der Waals surface area contributed by atoms with E-state index in [0.717, 1.165) is 69.4 Å². The molecule has 0 spiro atoms. The lowest BCUT2D eigenvalue weighted by molar-refractivity contribution is -0.120. The van der Waals surface area contributed by atoms with Crippen molar-refractivity contribution in [3.63, 3.8) is 0 Å². The first-order valence-corrected chi connectivity index (χ1v) is 14.0. The summed E-state index contributed by atoms with van der Waals surface area (Å²) in [5.41, 5.74) is 6.48. The number of thiophene rings is 1. The summed E-state index contributed by atoms with van der Waals surface area (Å²) in [5.74, 6) is 0.827. The molecule has 0 atom stereocenters. The van der Waals surface area contributed by atoms with Crippen molar-refractivity contribution in [2.45, 2.75) is 39.0 Å². The van der Waals surface area contributed by atoms with Crippen LogP contribution in [0.4, 0.5) is 5.69 Å². The van der Waals surface area contributed by atoms with E-state index in [2.05, 4.69) is 54.5 Å². The summed E-state index contributed by atoms with van der Waals surface area (Å²) < 4.78 is 0. The number of nitrogens with zero attached hydrogens (tertiary/aromatic N) is 5. The molecule has 1 aliphatic carbocycles. The zero-order valence-electron chi connectivity index (χ0n) is 21.4. The van der Waals surface area contributed by atoms with Crippen molar-refractivity contribution in [2.75, 3.05) is 5.32 Å². The molecule has 6 heterocycles. The number of aromatic nitrogens is 7. The van der Waals surface area contributed by atoms with Gasteiger partial charge >= 0.3 is 0 Å². The molecular formula is C29H26N8OS. The highest BCUT2D eigenvalue weighted by Gasteiger charge is 2.21. The zero-order chi connectivity index (χ0) is 26.3. The van der Waals surface area contributed by atoms with Crippen molar-refractivity contribution < 1.29 is 4.79 Å². The molecular weight excluding hydrogens is 508 g/mol. The van der Waals surface area contributed by atoms with Gasteiger partial charge in [-0.2, -0.15) is 5.10 Å². The highest BCUT2D eigenvalue weighted by atomic mass is 32.1. The molecule has 0 unspecified atom stereocenters. The number of fused-ring (bicyclic) bond motifs is 2. The fraction of sp³-hybridized carbons (Fsp3) is 0.241. The summed E-state index contributed by atoms with van der Waals surface area (Å²) >= 11 is 1.72. The lowest BCUT2D eigenvalue weighted by atomic mass is 9.88. The van der Waals surface area contributed by atoms with E-state index in [1.807, 2.05) is 18.3 Å². The topological polar surface area (TPSA) is 125 Å². The number of H-pyrrole nitrogens is 2. The van der Waals surface area contributed by atoms with Crippen LogP contribution in [0, 0.1) is 12.8 Å². The average molecular weight is 535 g/mol. The summed E-state index contributed by atoms with van der Waals surface area (Å²) in [7, 11) is 0. The molecule has 0 radical (unpaired) electrons. The number of imidazole rings is 1. The minimum absolute atomic E-state index is 0.0794. The Morgan fingerprint density at radius 1 is 1.00 bits per heavy atom. The molecule has 6 aromatic rings. The smallest absolute Gasteiger partial charge is 0.227 e. The van der Waals surface area contributed by atoms with Gasteiger partial charge in [-0.15, -0.1) is 11.3 Å². The van der Waals surface area contributed by atoms with Crippen LogP contribution in [-0.4, -0.2) is 41.0 Å². The van der Waals surface area contributed by atoms with Gasteiger partial charge < -0.3 is 10.3 Å². The number of rotatable bonds is 5. The molecule has 39 heavy (non-hydrogen) atoms. The van der Waals surface area contributed by atoms with E-state index in [-0.39, 0.29) is 11.8 Å². The molecule has 194 valence electrons. The van der Waals surface area contributed by atoms with E-state index in [0.29, 0.717) is 17.2 Å². The minimum Gasteiger partial charge on any atom is -0.335 e. The van der Waals surface area contributed by atoms with Crippen LogP contribution in [0.2, 0.25) is 0 Å². The van der Waals surface area contributed by atoms with Crippen molar-refractivity contribution >= 4 is 45.0 Å². The summed E-state index contributed by atoms with van der Waals surface area (Å²) in [6.45, 7) is 2.09. The van der Waals surface area contributed by atoms with E-state index >= 15 is 0 Å². The van der Waals surface area contributed by atoms with E-state index in [9.17, 15) is 4.79 Å². The number of carbonyl (C=O) groups excluding carboxylic acids is 1. The van der Waals surface area contributed by atoms with Crippen molar-refractivity contribution in [3.8, 4) is 33.1 Å². The Bertz CT molecular complexity index is 1830. The predicted molar refractivity (Wildman–Crippen MR) is 153 cm³/mol. The number of carbonyl (C=O) groups is 1. The molecule has 0 saturated heterocycles. The largest absolute Gasteiger partial charge is 0.335 e. The van der Waals surface area contributed by atoms with Crippen molar-refractivity contribution in [3.05, 3.63) is 60.1 Å². The summed E-state index contributed by atoms with van der Waals surface area (Å²) in [6, 6.07) is 8.18. The Hall–Kier alpha value is -4.44. The molecule has 1 saturated carbocycles. The molecule has 0 aromatic carbocycles. The molecule has 0 bridgehead atoms. The van der Waals surface area contributed by atoms with Crippen molar-refractivity contribution in [1.82, 2.24) is 35.1 Å². The fourth-order valence-corrected chi connectivity index (χ4v) is 6.20. The van der Waals surface area contributed by atoms with Gasteiger partial charge in [0.25, 0.3) is 0 Å². The Kier molecular flexibility index (Phi) is 5.89. The first-order valence-electron chi connectivity index (χ1n) is 13.1. The second-order valence-corrected chi connectivity index (χ2v) is 11.3. The third-order valence-corrected chi connectivity index (χ3v) is 8.40. The number of amides is 1. The highest BCUT2D eigenvalue weighted by Crippen LogP contribution is 2.35. The summed E-state index contributed by atoms with van der Waals surface area (Å²) in [4.78, 5) is 36.9. The number of pyridine rings is 3. The molecule has 7 rings (SSSR count).